The molecule has 0 radical (unpaired) electrons. The Morgan fingerprint density at radius 1 is 1.05 bits per heavy atom. The van der Waals surface area contributed by atoms with Gasteiger partial charge in [0.05, 0.1) is 7.11 Å². The normalized spacial score (nSPS) is 10.6. The average molecular weight is 279 g/mol. The molecule has 2 aromatic heterocycles. The van der Waals surface area contributed by atoms with Crippen molar-refractivity contribution in [3.8, 4) is 28.3 Å². The molecule has 0 fully saturated rings. The van der Waals surface area contributed by atoms with E-state index in [4.69, 9.17) is 4.74 Å². The molecule has 4 heteroatoms. The second kappa shape index (κ2) is 5.40. The summed E-state index contributed by atoms with van der Waals surface area (Å²) in [4.78, 5) is 4.16. The van der Waals surface area contributed by atoms with Crippen LogP contribution < -0.4 is 4.74 Å². The predicted octanol–water partition coefficient (Wildman–Crippen LogP) is 3.76. The fourth-order valence-electron chi connectivity index (χ4n) is 2.46. The first-order valence-electron chi connectivity index (χ1n) is 6.81. The van der Waals surface area contributed by atoms with Crippen LogP contribution in [0.25, 0.3) is 22.4 Å². The Hall–Kier alpha value is -2.62. The van der Waals surface area contributed by atoms with E-state index in [9.17, 15) is 0 Å². The topological polar surface area (TPSA) is 50.8 Å². The fourth-order valence-corrected chi connectivity index (χ4v) is 2.46. The summed E-state index contributed by atoms with van der Waals surface area (Å²) in [5.74, 6) is 0.600. The van der Waals surface area contributed by atoms with E-state index in [1.165, 1.54) is 5.56 Å². The van der Waals surface area contributed by atoms with E-state index >= 15 is 0 Å². The number of ether oxygens (including phenoxy) is 1. The zero-order valence-corrected chi connectivity index (χ0v) is 12.3. The molecule has 4 nitrogen and oxygen atoms in total. The Morgan fingerprint density at radius 3 is 2.67 bits per heavy atom. The van der Waals surface area contributed by atoms with Gasteiger partial charge in [-0.2, -0.15) is 5.10 Å². The van der Waals surface area contributed by atoms with Crippen molar-refractivity contribution in [1.29, 1.82) is 0 Å². The van der Waals surface area contributed by atoms with Gasteiger partial charge in [0.25, 0.3) is 0 Å². The number of benzene rings is 1. The number of pyridine rings is 1. The Labute approximate surface area is 123 Å². The van der Waals surface area contributed by atoms with Crippen LogP contribution in [0.3, 0.4) is 0 Å². The molecule has 0 unspecified atom stereocenters. The van der Waals surface area contributed by atoms with Crippen molar-refractivity contribution < 1.29 is 4.74 Å². The second-order valence-electron chi connectivity index (χ2n) is 5.03. The van der Waals surface area contributed by atoms with E-state index in [0.717, 1.165) is 28.1 Å². The van der Waals surface area contributed by atoms with Gasteiger partial charge in [0.1, 0.15) is 5.69 Å². The molecule has 0 bridgehead atoms. The minimum atomic E-state index is 0.600. The van der Waals surface area contributed by atoms with Crippen LogP contribution >= 0.6 is 0 Å². The van der Waals surface area contributed by atoms with Crippen LogP contribution in [-0.4, -0.2) is 22.3 Å². The lowest BCUT2D eigenvalue weighted by molar-refractivity contribution is 0.398. The van der Waals surface area contributed by atoms with Gasteiger partial charge in [-0.05, 0) is 31.5 Å². The van der Waals surface area contributed by atoms with Gasteiger partial charge >= 0.3 is 0 Å². The zero-order valence-electron chi connectivity index (χ0n) is 12.3. The number of nitrogens with one attached hydrogen (secondary N) is 1. The molecule has 3 aromatic rings. The number of aromatic nitrogens is 3. The first-order chi connectivity index (χ1) is 10.2. The summed E-state index contributed by atoms with van der Waals surface area (Å²) in [6.45, 7) is 4.10. The molecule has 0 spiro atoms. The van der Waals surface area contributed by atoms with Crippen molar-refractivity contribution in [2.45, 2.75) is 13.8 Å². The molecule has 21 heavy (non-hydrogen) atoms. The van der Waals surface area contributed by atoms with E-state index < -0.39 is 0 Å². The largest absolute Gasteiger partial charge is 0.481 e. The molecular weight excluding hydrogens is 262 g/mol. The number of nitrogens with zero attached hydrogens (tertiary/aromatic N) is 2. The first-order valence-corrected chi connectivity index (χ1v) is 6.81. The number of aromatic amines is 1. The van der Waals surface area contributed by atoms with Gasteiger partial charge in [0, 0.05) is 29.1 Å². The number of hydrogen-bond donors (Lipinski definition) is 1. The van der Waals surface area contributed by atoms with E-state index in [1.807, 2.05) is 25.1 Å². The Balaban J connectivity index is 2.17. The molecular formula is C17H17N3O. The van der Waals surface area contributed by atoms with E-state index in [1.54, 1.807) is 13.3 Å². The number of aryl methyl sites for hydroxylation is 2. The molecule has 0 aliphatic rings. The molecule has 0 saturated heterocycles. The first kappa shape index (κ1) is 13.4. The quantitative estimate of drug-likeness (QED) is 0.794. The summed E-state index contributed by atoms with van der Waals surface area (Å²) in [5.41, 5.74) is 6.42. The molecule has 0 amide bonds. The zero-order chi connectivity index (χ0) is 14.8. The van der Waals surface area contributed by atoms with Crippen LogP contribution in [0.4, 0.5) is 0 Å². The second-order valence-corrected chi connectivity index (χ2v) is 5.03. The number of rotatable bonds is 3. The highest BCUT2D eigenvalue weighted by Gasteiger charge is 2.15. The van der Waals surface area contributed by atoms with Crippen LogP contribution in [-0.2, 0) is 0 Å². The molecule has 0 aliphatic carbocycles. The summed E-state index contributed by atoms with van der Waals surface area (Å²) >= 11 is 0. The minimum absolute atomic E-state index is 0.600. The van der Waals surface area contributed by atoms with Crippen LogP contribution in [0, 0.1) is 13.8 Å². The molecule has 1 aromatic carbocycles. The van der Waals surface area contributed by atoms with Crippen molar-refractivity contribution in [1.82, 2.24) is 15.2 Å². The molecule has 0 aliphatic heterocycles. The maximum Gasteiger partial charge on any atom is 0.213 e. The van der Waals surface area contributed by atoms with E-state index in [0.29, 0.717) is 5.88 Å². The van der Waals surface area contributed by atoms with Gasteiger partial charge in [-0.3, -0.25) is 5.10 Å². The summed E-state index contributed by atoms with van der Waals surface area (Å²) in [6, 6.07) is 12.2. The maximum absolute atomic E-state index is 5.22. The molecule has 1 N–H and O–H groups in total. The molecule has 106 valence electrons. The van der Waals surface area contributed by atoms with Gasteiger partial charge in [-0.15, -0.1) is 0 Å². The highest BCUT2D eigenvalue weighted by Crippen LogP contribution is 2.34. The van der Waals surface area contributed by atoms with Gasteiger partial charge in [-0.1, -0.05) is 23.8 Å². The minimum Gasteiger partial charge on any atom is -0.481 e. The molecule has 0 atom stereocenters. The Bertz CT molecular complexity index is 777. The fraction of sp³-hybridized carbons (Fsp3) is 0.176. The van der Waals surface area contributed by atoms with Crippen LogP contribution in [0.5, 0.6) is 5.88 Å². The van der Waals surface area contributed by atoms with Crippen LogP contribution in [0.1, 0.15) is 11.3 Å². The third-order valence-corrected chi connectivity index (χ3v) is 3.47. The van der Waals surface area contributed by atoms with Gasteiger partial charge in [0.15, 0.2) is 0 Å². The van der Waals surface area contributed by atoms with Crippen molar-refractivity contribution in [2.75, 3.05) is 7.11 Å². The van der Waals surface area contributed by atoms with Gasteiger partial charge in [-0.25, -0.2) is 4.98 Å². The smallest absolute Gasteiger partial charge is 0.213 e. The van der Waals surface area contributed by atoms with Crippen LogP contribution in [0.2, 0.25) is 0 Å². The monoisotopic (exact) mass is 279 g/mol. The summed E-state index contributed by atoms with van der Waals surface area (Å²) in [5, 5.41) is 7.55. The lowest BCUT2D eigenvalue weighted by Gasteiger charge is -2.06. The molecule has 2 heterocycles. The highest BCUT2D eigenvalue weighted by atomic mass is 16.5. The van der Waals surface area contributed by atoms with Gasteiger partial charge in [0.2, 0.25) is 5.88 Å². The Morgan fingerprint density at radius 2 is 1.90 bits per heavy atom. The maximum atomic E-state index is 5.22. The molecule has 0 saturated carbocycles. The third kappa shape index (κ3) is 2.52. The number of H-pyrrole nitrogens is 1. The number of methoxy groups -OCH3 is 1. The predicted molar refractivity (Wildman–Crippen MR) is 83.3 cm³/mol. The summed E-state index contributed by atoms with van der Waals surface area (Å²) in [6.07, 6.45) is 1.75. The van der Waals surface area contributed by atoms with Crippen molar-refractivity contribution in [2.24, 2.45) is 0 Å². The lowest BCUT2D eigenvalue weighted by Crippen LogP contribution is -1.89. The standard InChI is InChI=1S/C17H17N3O/c1-11-5-4-6-14(9-11)17-16(12(2)19-20-17)13-7-8-18-15(10-13)21-3/h4-10H,1-3H3,(H,19,20). The summed E-state index contributed by atoms with van der Waals surface area (Å²) < 4.78 is 5.22. The van der Waals surface area contributed by atoms with E-state index in [2.05, 4.69) is 40.3 Å². The van der Waals surface area contributed by atoms with Crippen molar-refractivity contribution in [3.05, 3.63) is 53.9 Å². The Kier molecular flexibility index (Phi) is 3.44. The SMILES string of the molecule is COc1cc(-c2c(-c3cccc(C)c3)n[nH]c2C)ccn1. The van der Waals surface area contributed by atoms with Crippen molar-refractivity contribution in [3.63, 3.8) is 0 Å². The summed E-state index contributed by atoms with van der Waals surface area (Å²) in [7, 11) is 1.62. The van der Waals surface area contributed by atoms with Crippen molar-refractivity contribution >= 4 is 0 Å². The van der Waals surface area contributed by atoms with E-state index in [-0.39, 0.29) is 0 Å². The lowest BCUT2D eigenvalue weighted by atomic mass is 9.99. The average Bonchev–Trinajstić information content (AvgIpc) is 2.89. The number of hydrogen-bond acceptors (Lipinski definition) is 3. The highest BCUT2D eigenvalue weighted by molar-refractivity contribution is 5.82. The molecule has 3 rings (SSSR count). The van der Waals surface area contributed by atoms with Crippen LogP contribution in [0.15, 0.2) is 42.6 Å². The third-order valence-electron chi connectivity index (χ3n) is 3.47. The van der Waals surface area contributed by atoms with Gasteiger partial charge < -0.3 is 4.74 Å².